The van der Waals surface area contributed by atoms with Crippen LogP contribution in [0.2, 0.25) is 0 Å². The van der Waals surface area contributed by atoms with E-state index in [-0.39, 0.29) is 33.3 Å². The van der Waals surface area contributed by atoms with Crippen LogP contribution in [0, 0.1) is 16.0 Å². The predicted molar refractivity (Wildman–Crippen MR) is 112 cm³/mol. The first-order chi connectivity index (χ1) is 14.8. The molecule has 0 saturated carbocycles. The third-order valence-corrected chi connectivity index (χ3v) is 7.01. The molecule has 1 aliphatic rings. The minimum absolute atomic E-state index is 0.115. The summed E-state index contributed by atoms with van der Waals surface area (Å²) >= 11 is 0. The number of para-hydroxylation sites is 2. The molecule has 0 atom stereocenters. The number of sulfone groups is 1. The summed E-state index contributed by atoms with van der Waals surface area (Å²) in [6, 6.07) is 11.6. The van der Waals surface area contributed by atoms with E-state index in [0.29, 0.717) is 37.0 Å². The van der Waals surface area contributed by atoms with Crippen LogP contribution in [0.4, 0.5) is 11.5 Å². The number of aromatic nitrogens is 2. The average molecular weight is 441 g/mol. The molecule has 0 spiro atoms. The van der Waals surface area contributed by atoms with Crippen LogP contribution in [0.15, 0.2) is 58.5 Å². The Balaban J connectivity index is 1.81. The lowest BCUT2D eigenvalue weighted by Gasteiger charge is -2.32. The van der Waals surface area contributed by atoms with Gasteiger partial charge in [-0.2, -0.15) is 0 Å². The highest BCUT2D eigenvalue weighted by Gasteiger charge is 2.31. The molecule has 0 bridgehead atoms. The number of rotatable bonds is 5. The number of piperidine rings is 1. The van der Waals surface area contributed by atoms with Crippen molar-refractivity contribution in [3.8, 4) is 0 Å². The number of benzene rings is 2. The van der Waals surface area contributed by atoms with Crippen LogP contribution < -0.4 is 10.6 Å². The van der Waals surface area contributed by atoms with Gasteiger partial charge in [0.2, 0.25) is 20.8 Å². The zero-order chi connectivity index (χ0) is 22.2. The molecule has 10 nitrogen and oxygen atoms in total. The molecular weight excluding hydrogens is 422 g/mol. The molecule has 31 heavy (non-hydrogen) atoms. The third kappa shape index (κ3) is 3.91. The van der Waals surface area contributed by atoms with E-state index in [1.54, 1.807) is 29.2 Å². The summed E-state index contributed by atoms with van der Waals surface area (Å²) in [5, 5.41) is 10.7. The topological polar surface area (TPSA) is 149 Å². The Labute approximate surface area is 177 Å². The number of anilines is 1. The number of nitrogens with two attached hydrogens (primary N) is 1. The summed E-state index contributed by atoms with van der Waals surface area (Å²) < 4.78 is 26.8. The second-order valence-corrected chi connectivity index (χ2v) is 9.12. The van der Waals surface area contributed by atoms with Gasteiger partial charge in [-0.25, -0.2) is 18.4 Å². The first kappa shape index (κ1) is 20.7. The van der Waals surface area contributed by atoms with Crippen molar-refractivity contribution in [1.29, 1.82) is 0 Å². The van der Waals surface area contributed by atoms with Crippen molar-refractivity contribution < 1.29 is 18.1 Å². The molecule has 160 valence electrons. The molecule has 2 aromatic carbocycles. The molecule has 0 aliphatic carbocycles. The van der Waals surface area contributed by atoms with Crippen molar-refractivity contribution in [2.75, 3.05) is 18.0 Å². The normalized spacial score (nSPS) is 15.2. The van der Waals surface area contributed by atoms with Gasteiger partial charge in [-0.3, -0.25) is 14.9 Å². The molecular formula is C20H19N5O5S. The van der Waals surface area contributed by atoms with Crippen molar-refractivity contribution in [2.24, 2.45) is 11.7 Å². The number of hydrogen-bond donors (Lipinski definition) is 1. The molecule has 4 rings (SSSR count). The van der Waals surface area contributed by atoms with Crippen molar-refractivity contribution >= 4 is 38.3 Å². The molecule has 1 amide bonds. The standard InChI is InChI=1S/C20H19N5O5S/c21-18(26)13-9-11-24(12-10-13)19-20(23-17-4-2-1-3-16(17)22-19)31(29,30)15-7-5-14(6-8-15)25(27)28/h1-8,13H,9-12H2,(H2,21,26). The number of nitrogens with zero attached hydrogens (tertiary/aromatic N) is 4. The number of carbonyl (C=O) groups is 1. The van der Waals surface area contributed by atoms with E-state index in [1.165, 1.54) is 12.1 Å². The molecule has 0 unspecified atom stereocenters. The third-order valence-electron chi connectivity index (χ3n) is 5.33. The molecule has 3 aromatic rings. The number of fused-ring (bicyclic) bond motifs is 1. The fourth-order valence-corrected chi connectivity index (χ4v) is 4.95. The fourth-order valence-electron chi connectivity index (χ4n) is 3.60. The lowest BCUT2D eigenvalue weighted by Crippen LogP contribution is -2.39. The van der Waals surface area contributed by atoms with Crippen LogP contribution in [0.3, 0.4) is 0 Å². The molecule has 2 N–H and O–H groups in total. The van der Waals surface area contributed by atoms with E-state index in [1.807, 2.05) is 0 Å². The zero-order valence-electron chi connectivity index (χ0n) is 16.3. The first-order valence-corrected chi connectivity index (χ1v) is 11.1. The summed E-state index contributed by atoms with van der Waals surface area (Å²) in [5.41, 5.74) is 6.15. The summed E-state index contributed by atoms with van der Waals surface area (Å²) in [7, 11) is -4.11. The Morgan fingerprint density at radius 1 is 1.03 bits per heavy atom. The Hall–Kier alpha value is -3.60. The van der Waals surface area contributed by atoms with Gasteiger partial charge in [0.15, 0.2) is 5.82 Å². The van der Waals surface area contributed by atoms with E-state index < -0.39 is 14.8 Å². The number of non-ortho nitro benzene ring substituents is 1. The minimum atomic E-state index is -4.11. The highest BCUT2D eigenvalue weighted by atomic mass is 32.2. The van der Waals surface area contributed by atoms with Gasteiger partial charge in [-0.15, -0.1) is 0 Å². The van der Waals surface area contributed by atoms with Crippen LogP contribution in [0.1, 0.15) is 12.8 Å². The highest BCUT2D eigenvalue weighted by molar-refractivity contribution is 7.91. The fraction of sp³-hybridized carbons (Fsp3) is 0.250. The van der Waals surface area contributed by atoms with E-state index >= 15 is 0 Å². The largest absolute Gasteiger partial charge is 0.369 e. The number of primary amides is 1. The Morgan fingerprint density at radius 3 is 2.16 bits per heavy atom. The lowest BCUT2D eigenvalue weighted by molar-refractivity contribution is -0.384. The van der Waals surface area contributed by atoms with E-state index in [9.17, 15) is 23.3 Å². The predicted octanol–water partition coefficient (Wildman–Crippen LogP) is 2.07. The van der Waals surface area contributed by atoms with Gasteiger partial charge < -0.3 is 10.6 Å². The Morgan fingerprint density at radius 2 is 1.61 bits per heavy atom. The number of hydrogen-bond acceptors (Lipinski definition) is 8. The van der Waals surface area contributed by atoms with Crippen molar-refractivity contribution in [3.63, 3.8) is 0 Å². The maximum atomic E-state index is 13.4. The molecule has 11 heteroatoms. The molecule has 1 saturated heterocycles. The van der Waals surface area contributed by atoms with Gasteiger partial charge in [0.25, 0.3) is 5.69 Å². The van der Waals surface area contributed by atoms with Gasteiger partial charge >= 0.3 is 0 Å². The van der Waals surface area contributed by atoms with Gasteiger partial charge in [0, 0.05) is 31.1 Å². The van der Waals surface area contributed by atoms with Crippen molar-refractivity contribution in [1.82, 2.24) is 9.97 Å². The van der Waals surface area contributed by atoms with Crippen molar-refractivity contribution in [2.45, 2.75) is 22.8 Å². The summed E-state index contributed by atoms with van der Waals surface area (Å²) in [4.78, 5) is 32.4. The lowest BCUT2D eigenvalue weighted by atomic mass is 9.96. The van der Waals surface area contributed by atoms with E-state index in [2.05, 4.69) is 9.97 Å². The quantitative estimate of drug-likeness (QED) is 0.467. The van der Waals surface area contributed by atoms with Crippen LogP contribution in [0.25, 0.3) is 11.0 Å². The average Bonchev–Trinajstić information content (AvgIpc) is 2.78. The van der Waals surface area contributed by atoms with Gasteiger partial charge in [-0.1, -0.05) is 12.1 Å². The second kappa shape index (κ2) is 7.91. The smallest absolute Gasteiger partial charge is 0.269 e. The maximum Gasteiger partial charge on any atom is 0.269 e. The van der Waals surface area contributed by atoms with E-state index in [0.717, 1.165) is 12.1 Å². The number of nitro groups is 1. The van der Waals surface area contributed by atoms with E-state index in [4.69, 9.17) is 5.73 Å². The molecule has 2 heterocycles. The van der Waals surface area contributed by atoms with Gasteiger partial charge in [-0.05, 0) is 37.1 Å². The second-order valence-electron chi connectivity index (χ2n) is 7.26. The molecule has 1 aromatic heterocycles. The van der Waals surface area contributed by atoms with Crippen LogP contribution in [-0.2, 0) is 14.6 Å². The van der Waals surface area contributed by atoms with Crippen LogP contribution >= 0.6 is 0 Å². The summed E-state index contributed by atoms with van der Waals surface area (Å²) in [6.45, 7) is 0.812. The summed E-state index contributed by atoms with van der Waals surface area (Å²) in [5.74, 6) is -0.442. The Kier molecular flexibility index (Phi) is 5.27. The number of nitro benzene ring substituents is 1. The monoisotopic (exact) mass is 441 g/mol. The zero-order valence-corrected chi connectivity index (χ0v) is 17.2. The maximum absolute atomic E-state index is 13.4. The first-order valence-electron chi connectivity index (χ1n) is 9.58. The van der Waals surface area contributed by atoms with Gasteiger partial charge in [0.05, 0.1) is 20.9 Å². The van der Waals surface area contributed by atoms with Crippen LogP contribution in [-0.4, -0.2) is 42.3 Å². The molecule has 0 radical (unpaired) electrons. The SMILES string of the molecule is NC(=O)C1CCN(c2nc3ccccc3nc2S(=O)(=O)c2ccc([N+](=O)[O-])cc2)CC1. The minimum Gasteiger partial charge on any atom is -0.369 e. The highest BCUT2D eigenvalue weighted by Crippen LogP contribution is 2.32. The van der Waals surface area contributed by atoms with Gasteiger partial charge in [0.1, 0.15) is 0 Å². The molecule has 1 fully saturated rings. The number of amides is 1. The van der Waals surface area contributed by atoms with Crippen molar-refractivity contribution in [3.05, 3.63) is 58.6 Å². The van der Waals surface area contributed by atoms with Crippen LogP contribution in [0.5, 0.6) is 0 Å². The summed E-state index contributed by atoms with van der Waals surface area (Å²) in [6.07, 6.45) is 0.974. The Bertz CT molecular complexity index is 1270. The molecule has 1 aliphatic heterocycles. The number of carbonyl (C=O) groups excluding carboxylic acids is 1.